The molecule has 11 nitrogen and oxygen atoms in total. The lowest BCUT2D eigenvalue weighted by molar-refractivity contribution is -0.271. The molecule has 4 aliphatic rings. The first-order valence-electron chi connectivity index (χ1n) is 14.9. The van der Waals surface area contributed by atoms with Crippen LogP contribution in [0.5, 0.6) is 5.75 Å². The van der Waals surface area contributed by atoms with Gasteiger partial charge in [0.25, 0.3) is 0 Å². The molecule has 0 unspecified atom stereocenters. The molecule has 234 valence electrons. The highest BCUT2D eigenvalue weighted by atomic mass is 16.7. The van der Waals surface area contributed by atoms with Gasteiger partial charge in [-0.15, -0.1) is 0 Å². The molecule has 0 saturated carbocycles. The first-order valence-corrected chi connectivity index (χ1v) is 14.9. The van der Waals surface area contributed by atoms with Crippen molar-refractivity contribution in [3.8, 4) is 5.75 Å². The van der Waals surface area contributed by atoms with Gasteiger partial charge in [0.2, 0.25) is 0 Å². The van der Waals surface area contributed by atoms with Gasteiger partial charge < -0.3 is 34.3 Å². The second-order valence-corrected chi connectivity index (χ2v) is 12.6. The van der Waals surface area contributed by atoms with Gasteiger partial charge >= 0.3 is 5.97 Å². The molecule has 2 fully saturated rings. The van der Waals surface area contributed by atoms with E-state index < -0.39 is 71.8 Å². The monoisotopic (exact) mass is 608 g/mol. The lowest BCUT2D eigenvalue weighted by Gasteiger charge is -2.43. The van der Waals surface area contributed by atoms with Crippen molar-refractivity contribution in [3.63, 3.8) is 0 Å². The summed E-state index contributed by atoms with van der Waals surface area (Å²) in [6.07, 6.45) is -2.76. The van der Waals surface area contributed by atoms with Crippen molar-refractivity contribution in [1.82, 2.24) is 0 Å². The number of phenols is 1. The summed E-state index contributed by atoms with van der Waals surface area (Å²) in [4.78, 5) is 52.5. The molecule has 11 heteroatoms. The number of hydrogen-bond donors (Lipinski definition) is 3. The predicted octanol–water partition coefficient (Wildman–Crippen LogP) is 3.11. The molecule has 2 aliphatic heterocycles. The molecule has 8 atom stereocenters. The number of fused-ring (bicyclic) bond motifs is 4. The molecule has 2 aromatic carbocycles. The molecule has 2 heterocycles. The van der Waals surface area contributed by atoms with E-state index in [1.165, 1.54) is 19.1 Å². The van der Waals surface area contributed by atoms with Crippen molar-refractivity contribution >= 4 is 34.1 Å². The van der Waals surface area contributed by atoms with E-state index in [4.69, 9.17) is 18.9 Å². The highest BCUT2D eigenvalue weighted by Crippen LogP contribution is 2.43. The SMILES string of the molecule is CC(=O)O[C@@H]1[C@@H](C)O[C@@H](C2=CC(=O)c3cc4c5c(ccc4c(O)c3C2=O)C[C@](C)(O)CC5=O)C[C@H]1O[C@H]1CC[C@H](O)[C@@H](C)O1. The van der Waals surface area contributed by atoms with Crippen LogP contribution in [0.2, 0.25) is 0 Å². The van der Waals surface area contributed by atoms with Gasteiger partial charge in [-0.05, 0) is 50.3 Å². The Labute approximate surface area is 253 Å². The average molecular weight is 609 g/mol. The number of allylic oxidation sites excluding steroid dienone is 1. The number of benzene rings is 2. The first kappa shape index (κ1) is 30.5. The van der Waals surface area contributed by atoms with E-state index in [-0.39, 0.29) is 47.1 Å². The fourth-order valence-corrected chi connectivity index (χ4v) is 6.95. The van der Waals surface area contributed by atoms with Gasteiger partial charge in [0.05, 0.1) is 35.6 Å². The first-order chi connectivity index (χ1) is 20.7. The van der Waals surface area contributed by atoms with Crippen LogP contribution in [0, 0.1) is 0 Å². The number of phenolic OH excluding ortho intramolecular Hbond substituents is 1. The summed E-state index contributed by atoms with van der Waals surface area (Å²) in [5, 5.41) is 32.5. The third-order valence-electron chi connectivity index (χ3n) is 9.05. The Kier molecular flexibility index (Phi) is 7.74. The summed E-state index contributed by atoms with van der Waals surface area (Å²) in [6.45, 7) is 6.27. The van der Waals surface area contributed by atoms with Gasteiger partial charge in [-0.1, -0.05) is 12.1 Å². The molecule has 0 spiro atoms. The molecule has 3 N–H and O–H groups in total. The van der Waals surface area contributed by atoms with Crippen LogP contribution in [0.3, 0.4) is 0 Å². The van der Waals surface area contributed by atoms with Crippen LogP contribution in [0.15, 0.2) is 29.8 Å². The number of aliphatic hydroxyl groups excluding tert-OH is 1. The van der Waals surface area contributed by atoms with Crippen molar-refractivity contribution < 1.29 is 53.4 Å². The van der Waals surface area contributed by atoms with Gasteiger partial charge in [-0.2, -0.15) is 0 Å². The predicted molar refractivity (Wildman–Crippen MR) is 155 cm³/mol. The Morgan fingerprint density at radius 3 is 2.48 bits per heavy atom. The smallest absolute Gasteiger partial charge is 0.303 e. The summed E-state index contributed by atoms with van der Waals surface area (Å²) in [6, 6.07) is 4.71. The van der Waals surface area contributed by atoms with E-state index in [9.17, 15) is 34.5 Å². The van der Waals surface area contributed by atoms with Crippen LogP contribution in [-0.4, -0.2) is 87.2 Å². The minimum Gasteiger partial charge on any atom is -0.507 e. The van der Waals surface area contributed by atoms with Crippen molar-refractivity contribution in [1.29, 1.82) is 0 Å². The molecule has 2 aromatic rings. The van der Waals surface area contributed by atoms with Crippen molar-refractivity contribution in [2.75, 3.05) is 0 Å². The molecular weight excluding hydrogens is 572 g/mol. The Hall–Kier alpha value is -3.48. The Bertz CT molecular complexity index is 1600. The van der Waals surface area contributed by atoms with Gasteiger partial charge in [0, 0.05) is 54.7 Å². The standard InChI is InChI=1S/C33H36O11/c1-14-22(35)7-8-27(42-14)44-26-11-25(41-15(2)32(26)43-16(3)34)21-10-23(36)20-9-19-18(30(38)29(20)31(21)39)6-5-17-12-33(4,40)13-24(37)28(17)19/h5-6,9-10,14-15,22,25-27,32,35,38,40H,7-8,11-13H2,1-4H3/t14-,15-,22+,25-,26-,27+,32-,33+/m1/s1. The highest BCUT2D eigenvalue weighted by molar-refractivity contribution is 6.29. The minimum absolute atomic E-state index is 0.0253. The number of aromatic hydroxyl groups is 1. The van der Waals surface area contributed by atoms with Crippen molar-refractivity contribution in [3.05, 3.63) is 52.1 Å². The van der Waals surface area contributed by atoms with Gasteiger partial charge in [-0.3, -0.25) is 19.2 Å². The molecule has 44 heavy (non-hydrogen) atoms. The molecule has 0 bridgehead atoms. The molecule has 2 saturated heterocycles. The quantitative estimate of drug-likeness (QED) is 0.437. The zero-order valence-corrected chi connectivity index (χ0v) is 25.0. The van der Waals surface area contributed by atoms with Crippen LogP contribution in [0.25, 0.3) is 10.8 Å². The third-order valence-corrected chi connectivity index (χ3v) is 9.05. The van der Waals surface area contributed by atoms with Gasteiger partial charge in [0.1, 0.15) is 11.9 Å². The van der Waals surface area contributed by atoms with Crippen LogP contribution in [-0.2, 0) is 30.2 Å². The summed E-state index contributed by atoms with van der Waals surface area (Å²) >= 11 is 0. The number of ketones is 3. The second kappa shape index (κ2) is 11.1. The van der Waals surface area contributed by atoms with Crippen LogP contribution >= 0.6 is 0 Å². The summed E-state index contributed by atoms with van der Waals surface area (Å²) in [5.41, 5.74) is -0.447. The third kappa shape index (κ3) is 5.37. The number of aliphatic hydroxyl groups is 2. The van der Waals surface area contributed by atoms with E-state index in [2.05, 4.69) is 0 Å². The van der Waals surface area contributed by atoms with E-state index in [0.717, 1.165) is 0 Å². The number of carbonyl (C=O) groups is 4. The van der Waals surface area contributed by atoms with Crippen LogP contribution in [0.1, 0.15) is 90.0 Å². The second-order valence-electron chi connectivity index (χ2n) is 12.6. The molecule has 2 aliphatic carbocycles. The Morgan fingerprint density at radius 2 is 1.77 bits per heavy atom. The van der Waals surface area contributed by atoms with Crippen LogP contribution < -0.4 is 0 Å². The van der Waals surface area contributed by atoms with E-state index in [1.807, 2.05) is 0 Å². The number of hydrogen-bond acceptors (Lipinski definition) is 11. The van der Waals surface area contributed by atoms with Gasteiger partial charge in [-0.25, -0.2) is 0 Å². The van der Waals surface area contributed by atoms with E-state index in [1.54, 1.807) is 32.9 Å². The maximum atomic E-state index is 14.0. The van der Waals surface area contributed by atoms with Gasteiger partial charge in [0.15, 0.2) is 29.7 Å². The summed E-state index contributed by atoms with van der Waals surface area (Å²) < 4.78 is 23.7. The maximum Gasteiger partial charge on any atom is 0.303 e. The minimum atomic E-state index is -1.20. The van der Waals surface area contributed by atoms with E-state index >= 15 is 0 Å². The number of Topliss-reactive ketones (excluding diaryl/α,β-unsaturated/α-hetero) is 2. The lowest BCUT2D eigenvalue weighted by atomic mass is 9.77. The molecule has 0 amide bonds. The summed E-state index contributed by atoms with van der Waals surface area (Å²) in [5.74, 6) is -2.39. The average Bonchev–Trinajstić information content (AvgIpc) is 2.93. The number of rotatable bonds is 4. The molecule has 0 aromatic heterocycles. The zero-order chi connectivity index (χ0) is 31.7. The number of ether oxygens (including phenoxy) is 4. The number of esters is 1. The maximum absolute atomic E-state index is 14.0. The fourth-order valence-electron chi connectivity index (χ4n) is 6.95. The summed E-state index contributed by atoms with van der Waals surface area (Å²) in [7, 11) is 0. The fraction of sp³-hybridized carbons (Fsp3) is 0.515. The normalized spacial score (nSPS) is 33.9. The Morgan fingerprint density at radius 1 is 1.02 bits per heavy atom. The van der Waals surface area contributed by atoms with E-state index in [0.29, 0.717) is 29.4 Å². The lowest BCUT2D eigenvalue weighted by Crippen LogP contribution is -2.53. The Balaban J connectivity index is 1.34. The van der Waals surface area contributed by atoms with Crippen molar-refractivity contribution in [2.45, 2.75) is 108 Å². The zero-order valence-electron chi connectivity index (χ0n) is 25.0. The number of carbonyl (C=O) groups excluding carboxylic acids is 4. The highest BCUT2D eigenvalue weighted by Gasteiger charge is 2.46. The van der Waals surface area contributed by atoms with Crippen LogP contribution in [0.4, 0.5) is 0 Å². The topological polar surface area (TPSA) is 166 Å². The molecule has 6 rings (SSSR count). The largest absolute Gasteiger partial charge is 0.507 e. The molecule has 0 radical (unpaired) electrons. The molecular formula is C33H36O11. The van der Waals surface area contributed by atoms with Crippen molar-refractivity contribution in [2.24, 2.45) is 0 Å².